The lowest BCUT2D eigenvalue weighted by Gasteiger charge is -2.19. The van der Waals surface area contributed by atoms with Crippen LogP contribution in [0.25, 0.3) is 10.2 Å². The summed E-state index contributed by atoms with van der Waals surface area (Å²) in [6, 6.07) is 2.21. The predicted octanol–water partition coefficient (Wildman–Crippen LogP) is 3.47. The Bertz CT molecular complexity index is 509. The molecule has 0 saturated heterocycles. The number of thiophene rings is 1. The van der Waals surface area contributed by atoms with E-state index in [0.717, 1.165) is 23.6 Å². The summed E-state index contributed by atoms with van der Waals surface area (Å²) in [4.78, 5) is 13.8. The van der Waals surface area contributed by atoms with Crippen LogP contribution in [0.3, 0.4) is 0 Å². The number of hydrogen-bond acceptors (Lipinski definition) is 4. The highest BCUT2D eigenvalue weighted by atomic mass is 79.9. The summed E-state index contributed by atoms with van der Waals surface area (Å²) >= 11 is 5.33. The monoisotopic (exact) mass is 313 g/mol. The maximum atomic E-state index is 4.41. The van der Waals surface area contributed by atoms with Crippen LogP contribution in [0.2, 0.25) is 0 Å². The van der Waals surface area contributed by atoms with Crippen LogP contribution in [-0.2, 0) is 6.42 Å². The first-order valence-electron chi connectivity index (χ1n) is 5.70. The van der Waals surface area contributed by atoms with Crippen molar-refractivity contribution in [3.05, 3.63) is 17.3 Å². The van der Waals surface area contributed by atoms with E-state index in [1.165, 1.54) is 10.3 Å². The first-order chi connectivity index (χ1) is 8.11. The van der Waals surface area contributed by atoms with Crippen molar-refractivity contribution in [3.8, 4) is 0 Å². The number of fused-ring (bicyclic) bond motifs is 1. The average molecular weight is 314 g/mol. The molecule has 92 valence electrons. The zero-order chi connectivity index (χ0) is 12.4. The van der Waals surface area contributed by atoms with Gasteiger partial charge >= 0.3 is 0 Å². The highest BCUT2D eigenvalue weighted by Crippen LogP contribution is 2.30. The molecule has 0 radical (unpaired) electrons. The van der Waals surface area contributed by atoms with Gasteiger partial charge < -0.3 is 4.90 Å². The second-order valence-corrected chi connectivity index (χ2v) is 6.82. The largest absolute Gasteiger partial charge is 0.358 e. The lowest BCUT2D eigenvalue weighted by molar-refractivity contribution is 0.863. The fourth-order valence-corrected chi connectivity index (χ4v) is 3.20. The molecule has 2 heterocycles. The Morgan fingerprint density at radius 2 is 2.24 bits per heavy atom. The summed E-state index contributed by atoms with van der Waals surface area (Å²) in [7, 11) is 2.07. The molecule has 2 aromatic rings. The fraction of sp³-hybridized carbons (Fsp3) is 0.500. The van der Waals surface area contributed by atoms with Gasteiger partial charge in [0.2, 0.25) is 0 Å². The van der Waals surface area contributed by atoms with Crippen molar-refractivity contribution >= 4 is 43.3 Å². The van der Waals surface area contributed by atoms with E-state index in [1.54, 1.807) is 17.7 Å². The number of aryl methyl sites for hydroxylation is 1. The maximum Gasteiger partial charge on any atom is 0.140 e. The molecule has 17 heavy (non-hydrogen) atoms. The lowest BCUT2D eigenvalue weighted by Crippen LogP contribution is -2.24. The second kappa shape index (κ2) is 5.31. The summed E-state index contributed by atoms with van der Waals surface area (Å²) < 4.78 is 0. The molecular formula is C12H16BrN3S. The number of hydrogen-bond donors (Lipinski definition) is 0. The number of alkyl halides is 1. The summed E-state index contributed by atoms with van der Waals surface area (Å²) in [6.07, 6.45) is 2.71. The highest BCUT2D eigenvalue weighted by Gasteiger charge is 2.12. The Kier molecular flexibility index (Phi) is 3.99. The van der Waals surface area contributed by atoms with Gasteiger partial charge in [-0.2, -0.15) is 0 Å². The Morgan fingerprint density at radius 3 is 2.88 bits per heavy atom. The summed E-state index contributed by atoms with van der Waals surface area (Å²) in [5, 5.41) is 1.17. The van der Waals surface area contributed by atoms with E-state index in [-0.39, 0.29) is 0 Å². The Morgan fingerprint density at radius 1 is 1.47 bits per heavy atom. The quantitative estimate of drug-likeness (QED) is 0.809. The minimum atomic E-state index is 0.446. The van der Waals surface area contributed by atoms with Crippen LogP contribution in [0.4, 0.5) is 5.82 Å². The third kappa shape index (κ3) is 2.77. The van der Waals surface area contributed by atoms with Crippen molar-refractivity contribution in [1.29, 1.82) is 0 Å². The van der Waals surface area contributed by atoms with Crippen LogP contribution >= 0.6 is 27.3 Å². The van der Waals surface area contributed by atoms with E-state index in [0.29, 0.717) is 4.83 Å². The molecule has 0 N–H and O–H groups in total. The molecule has 2 rings (SSSR count). The van der Waals surface area contributed by atoms with Crippen LogP contribution in [0.15, 0.2) is 12.4 Å². The van der Waals surface area contributed by atoms with Crippen LogP contribution in [0.1, 0.15) is 18.7 Å². The standard InChI is InChI=1S/C12H16BrN3S/c1-4-9-5-10-11(16(3)6-8(2)13)14-7-15-12(10)17-9/h5,7-8H,4,6H2,1-3H3. The van der Waals surface area contributed by atoms with Crippen LogP contribution < -0.4 is 4.90 Å². The van der Waals surface area contributed by atoms with E-state index in [1.807, 2.05) is 0 Å². The highest BCUT2D eigenvalue weighted by molar-refractivity contribution is 9.09. The number of aromatic nitrogens is 2. The van der Waals surface area contributed by atoms with Gasteiger partial charge in [0.25, 0.3) is 0 Å². The molecule has 0 fully saturated rings. The SMILES string of the molecule is CCc1cc2c(N(C)CC(C)Br)ncnc2s1. The van der Waals surface area contributed by atoms with Gasteiger partial charge in [-0.05, 0) is 12.5 Å². The topological polar surface area (TPSA) is 29.0 Å². The van der Waals surface area contributed by atoms with Crippen molar-refractivity contribution in [2.45, 2.75) is 25.1 Å². The maximum absolute atomic E-state index is 4.41. The van der Waals surface area contributed by atoms with Gasteiger partial charge in [-0.15, -0.1) is 11.3 Å². The third-order valence-electron chi connectivity index (χ3n) is 2.59. The zero-order valence-electron chi connectivity index (χ0n) is 10.3. The van der Waals surface area contributed by atoms with E-state index in [4.69, 9.17) is 0 Å². The van der Waals surface area contributed by atoms with E-state index in [9.17, 15) is 0 Å². The van der Waals surface area contributed by atoms with E-state index >= 15 is 0 Å². The molecule has 1 unspecified atom stereocenters. The smallest absolute Gasteiger partial charge is 0.140 e. The predicted molar refractivity (Wildman–Crippen MR) is 78.5 cm³/mol. The molecule has 0 spiro atoms. The molecule has 0 bridgehead atoms. The van der Waals surface area contributed by atoms with Gasteiger partial charge in [0.1, 0.15) is 17.0 Å². The first-order valence-corrected chi connectivity index (χ1v) is 7.43. The molecule has 0 amide bonds. The zero-order valence-corrected chi connectivity index (χ0v) is 12.7. The minimum Gasteiger partial charge on any atom is -0.358 e. The number of nitrogens with zero attached hydrogens (tertiary/aromatic N) is 3. The van der Waals surface area contributed by atoms with Crippen LogP contribution in [-0.4, -0.2) is 28.4 Å². The van der Waals surface area contributed by atoms with Crippen molar-refractivity contribution < 1.29 is 0 Å². The van der Waals surface area contributed by atoms with Crippen molar-refractivity contribution in [2.24, 2.45) is 0 Å². The van der Waals surface area contributed by atoms with Gasteiger partial charge in [-0.1, -0.05) is 29.8 Å². The van der Waals surface area contributed by atoms with Crippen molar-refractivity contribution in [2.75, 3.05) is 18.5 Å². The van der Waals surface area contributed by atoms with Gasteiger partial charge in [-0.3, -0.25) is 0 Å². The minimum absolute atomic E-state index is 0.446. The lowest BCUT2D eigenvalue weighted by atomic mass is 10.3. The summed E-state index contributed by atoms with van der Waals surface area (Å²) in [6.45, 7) is 5.24. The van der Waals surface area contributed by atoms with E-state index in [2.05, 4.69) is 57.8 Å². The van der Waals surface area contributed by atoms with Crippen LogP contribution in [0, 0.1) is 0 Å². The number of halogens is 1. The van der Waals surface area contributed by atoms with Gasteiger partial charge in [0.05, 0.1) is 5.39 Å². The Balaban J connectivity index is 2.42. The Labute approximate surface area is 114 Å². The molecule has 1 atom stereocenters. The fourth-order valence-electron chi connectivity index (χ4n) is 1.84. The first kappa shape index (κ1) is 12.8. The summed E-state index contributed by atoms with van der Waals surface area (Å²) in [5.41, 5.74) is 0. The van der Waals surface area contributed by atoms with Gasteiger partial charge in [0.15, 0.2) is 0 Å². The number of anilines is 1. The Hall–Kier alpha value is -0.680. The summed E-state index contributed by atoms with van der Waals surface area (Å²) in [5.74, 6) is 1.03. The van der Waals surface area contributed by atoms with Gasteiger partial charge in [0, 0.05) is 23.3 Å². The molecule has 0 aliphatic heterocycles. The molecule has 2 aromatic heterocycles. The molecule has 3 nitrogen and oxygen atoms in total. The number of rotatable bonds is 4. The second-order valence-electron chi connectivity index (χ2n) is 4.14. The molecule has 0 aromatic carbocycles. The molecule has 5 heteroatoms. The molecule has 0 aliphatic rings. The van der Waals surface area contributed by atoms with E-state index < -0.39 is 0 Å². The van der Waals surface area contributed by atoms with Gasteiger partial charge in [-0.25, -0.2) is 9.97 Å². The van der Waals surface area contributed by atoms with Crippen LogP contribution in [0.5, 0.6) is 0 Å². The van der Waals surface area contributed by atoms with Crippen molar-refractivity contribution in [1.82, 2.24) is 9.97 Å². The molecular weight excluding hydrogens is 298 g/mol. The normalized spacial score (nSPS) is 12.9. The molecule has 0 saturated carbocycles. The third-order valence-corrected chi connectivity index (χ3v) is 4.07. The van der Waals surface area contributed by atoms with Crippen molar-refractivity contribution in [3.63, 3.8) is 0 Å². The molecule has 0 aliphatic carbocycles. The average Bonchev–Trinajstić information content (AvgIpc) is 2.70.